The second kappa shape index (κ2) is 52.5. The van der Waals surface area contributed by atoms with Gasteiger partial charge in [0.1, 0.15) is 18.8 Å². The maximum Gasteiger partial charge on any atom is 0.335 e. The van der Waals surface area contributed by atoms with Gasteiger partial charge in [-0.15, -0.1) is 0 Å². The van der Waals surface area contributed by atoms with Crippen molar-refractivity contribution in [2.24, 2.45) is 0 Å². The number of allylic oxidation sites excluding steroid dienone is 29. The number of unbranched alkanes of at least 4 members (excludes halogenated alkanes) is 2. The van der Waals surface area contributed by atoms with Gasteiger partial charge in [-0.25, -0.2) is 4.79 Å². The SMILES string of the molecule is CC/C=C\C/C=C\C/C=C\C/C=C\C/C=C\C/C=C\CCC(=O)OC1C(OCC(COC(=O)C/C=C\C/C=C\C/C=C\C/C=C\C/C=C\CC)OC(=O)CCCC/C=C\C/C=C\C/C=C\C/C=C\CC)OC(C(=O)O)C(O)C1O. The summed E-state index contributed by atoms with van der Waals surface area (Å²) in [6.07, 6.45) is 67.6. The molecule has 0 spiro atoms. The van der Waals surface area contributed by atoms with E-state index in [1.165, 1.54) is 0 Å². The smallest absolute Gasteiger partial charge is 0.335 e. The van der Waals surface area contributed by atoms with E-state index in [1.54, 1.807) is 6.08 Å². The molecule has 0 radical (unpaired) electrons. The number of aliphatic hydroxyl groups excluding tert-OH is 2. The number of aliphatic hydroxyl groups is 2. The van der Waals surface area contributed by atoms with Crippen LogP contribution >= 0.6 is 0 Å². The molecule has 3 N–H and O–H groups in total. The van der Waals surface area contributed by atoms with Gasteiger partial charge < -0.3 is 39.0 Å². The zero-order valence-corrected chi connectivity index (χ0v) is 47.8. The summed E-state index contributed by atoms with van der Waals surface area (Å²) >= 11 is 0. The first kappa shape index (κ1) is 70.8. The molecule has 79 heavy (non-hydrogen) atoms. The molecule has 0 amide bonds. The summed E-state index contributed by atoms with van der Waals surface area (Å²) in [5.41, 5.74) is 0. The molecular formula is C67H96O12. The number of carboxylic acids is 1. The molecule has 0 aromatic rings. The number of rotatable bonds is 45. The number of hydrogen-bond donors (Lipinski definition) is 3. The third kappa shape index (κ3) is 42.4. The summed E-state index contributed by atoms with van der Waals surface area (Å²) < 4.78 is 28.1. The highest BCUT2D eigenvalue weighted by atomic mass is 16.7. The van der Waals surface area contributed by atoms with Crippen molar-refractivity contribution in [1.29, 1.82) is 0 Å². The van der Waals surface area contributed by atoms with Crippen LogP contribution < -0.4 is 0 Å². The number of carbonyl (C=O) groups is 4. The van der Waals surface area contributed by atoms with Gasteiger partial charge in [0.05, 0.1) is 13.0 Å². The van der Waals surface area contributed by atoms with Crippen molar-refractivity contribution in [3.63, 3.8) is 0 Å². The minimum absolute atomic E-state index is 0.0426. The molecule has 1 fully saturated rings. The van der Waals surface area contributed by atoms with Crippen LogP contribution in [0.3, 0.4) is 0 Å². The second-order valence-electron chi connectivity index (χ2n) is 18.4. The first-order chi connectivity index (χ1) is 38.6. The fourth-order valence-corrected chi connectivity index (χ4v) is 7.22. The standard InChI is InChI=1S/C67H96O12/c1-4-7-10-13-16-19-22-25-28-29-30-31-34-37-40-43-46-49-52-55-61(70)78-65-63(72)62(71)64(66(73)74)79-67(65)76-57-58(77-60(69)54-51-48-45-42-39-36-33-27-24-21-18-15-12-9-6-3)56-75-59(68)53-50-47-44-41-38-35-32-26-23-20-17-14-11-8-5-2/h7-12,16-21,25-28,30-33,37-42,46-47,49-50,58,62-65,67,71-72H,4-6,13-15,22-24,29,34-36,43-45,48,51-57H2,1-3H3,(H,73,74)/b10-7-,11-8-,12-9-,19-16-,20-17-,21-18-,28-25-,31-30-,32-26-,33-27-,40-37-,41-38-,42-39-,49-46-,50-47-. The van der Waals surface area contributed by atoms with Crippen molar-refractivity contribution in [3.8, 4) is 0 Å². The van der Waals surface area contributed by atoms with E-state index in [9.17, 15) is 34.5 Å². The maximum absolute atomic E-state index is 13.1. The lowest BCUT2D eigenvalue weighted by molar-refractivity contribution is -0.301. The molecule has 436 valence electrons. The van der Waals surface area contributed by atoms with Crippen LogP contribution in [-0.4, -0.2) is 89.2 Å². The van der Waals surface area contributed by atoms with Crippen molar-refractivity contribution in [1.82, 2.24) is 0 Å². The molecule has 6 atom stereocenters. The van der Waals surface area contributed by atoms with Gasteiger partial charge in [0.15, 0.2) is 24.6 Å². The molecule has 0 bridgehead atoms. The Morgan fingerprint density at radius 3 is 1.22 bits per heavy atom. The zero-order chi connectivity index (χ0) is 57.5. The van der Waals surface area contributed by atoms with E-state index in [0.717, 1.165) is 96.3 Å². The van der Waals surface area contributed by atoms with Crippen LogP contribution in [0.2, 0.25) is 0 Å². The highest BCUT2D eigenvalue weighted by Crippen LogP contribution is 2.26. The van der Waals surface area contributed by atoms with Crippen molar-refractivity contribution in [3.05, 3.63) is 182 Å². The number of esters is 3. The van der Waals surface area contributed by atoms with Gasteiger partial charge in [-0.3, -0.25) is 14.4 Å². The van der Waals surface area contributed by atoms with E-state index in [4.69, 9.17) is 23.7 Å². The third-order valence-corrected chi connectivity index (χ3v) is 11.5. The average molecular weight is 1090 g/mol. The van der Waals surface area contributed by atoms with Gasteiger partial charge in [-0.1, -0.05) is 203 Å². The van der Waals surface area contributed by atoms with E-state index in [1.807, 2.05) is 36.5 Å². The van der Waals surface area contributed by atoms with E-state index < -0.39 is 73.9 Å². The minimum Gasteiger partial charge on any atom is -0.479 e. The van der Waals surface area contributed by atoms with Gasteiger partial charge in [0.25, 0.3) is 0 Å². The molecule has 0 saturated carbocycles. The van der Waals surface area contributed by atoms with Gasteiger partial charge in [0, 0.05) is 12.8 Å². The molecule has 12 nitrogen and oxygen atoms in total. The maximum atomic E-state index is 13.1. The summed E-state index contributed by atoms with van der Waals surface area (Å²) in [4.78, 5) is 51.0. The number of aliphatic carboxylic acids is 1. The Morgan fingerprint density at radius 1 is 0.430 bits per heavy atom. The average Bonchev–Trinajstić information content (AvgIpc) is 3.44. The Hall–Kier alpha value is -6.18. The summed E-state index contributed by atoms with van der Waals surface area (Å²) in [5.74, 6) is -3.50. The van der Waals surface area contributed by atoms with E-state index in [-0.39, 0.29) is 19.3 Å². The number of carbonyl (C=O) groups excluding carboxylic acids is 3. The normalized spacial score (nSPS) is 19.2. The summed E-state index contributed by atoms with van der Waals surface area (Å²) in [6, 6.07) is 0. The van der Waals surface area contributed by atoms with E-state index in [0.29, 0.717) is 25.7 Å². The molecule has 1 saturated heterocycles. The summed E-state index contributed by atoms with van der Waals surface area (Å²) in [6.45, 7) is 5.46. The molecular weight excluding hydrogens is 997 g/mol. The highest BCUT2D eigenvalue weighted by molar-refractivity contribution is 5.74. The Bertz CT molecular complexity index is 2070. The van der Waals surface area contributed by atoms with Gasteiger partial charge >= 0.3 is 23.9 Å². The second-order valence-corrected chi connectivity index (χ2v) is 18.4. The van der Waals surface area contributed by atoms with Crippen LogP contribution in [0.5, 0.6) is 0 Å². The van der Waals surface area contributed by atoms with Crippen LogP contribution in [0, 0.1) is 0 Å². The largest absolute Gasteiger partial charge is 0.479 e. The topological polar surface area (TPSA) is 175 Å². The lowest BCUT2D eigenvalue weighted by atomic mass is 9.98. The molecule has 0 aromatic carbocycles. The predicted octanol–water partition coefficient (Wildman–Crippen LogP) is 14.9. The monoisotopic (exact) mass is 1090 g/mol. The quantitative estimate of drug-likeness (QED) is 0.0228. The van der Waals surface area contributed by atoms with Gasteiger partial charge in [-0.05, 0) is 122 Å². The molecule has 0 aromatic heterocycles. The lowest BCUT2D eigenvalue weighted by Crippen LogP contribution is -2.61. The van der Waals surface area contributed by atoms with Crippen LogP contribution in [0.25, 0.3) is 0 Å². The van der Waals surface area contributed by atoms with Gasteiger partial charge in [0.2, 0.25) is 0 Å². The molecule has 12 heteroatoms. The Morgan fingerprint density at radius 2 is 0.810 bits per heavy atom. The number of hydrogen-bond acceptors (Lipinski definition) is 11. The Labute approximate surface area is 474 Å². The number of carboxylic acid groups (broad SMARTS) is 1. The van der Waals surface area contributed by atoms with Crippen molar-refractivity contribution >= 4 is 23.9 Å². The fraction of sp³-hybridized carbons (Fsp3) is 0.493. The molecule has 1 heterocycles. The van der Waals surface area contributed by atoms with Gasteiger partial charge in [-0.2, -0.15) is 0 Å². The van der Waals surface area contributed by atoms with Crippen LogP contribution in [0.4, 0.5) is 0 Å². The van der Waals surface area contributed by atoms with E-state index >= 15 is 0 Å². The molecule has 6 unspecified atom stereocenters. The molecule has 1 rings (SSSR count). The summed E-state index contributed by atoms with van der Waals surface area (Å²) in [7, 11) is 0. The lowest BCUT2D eigenvalue weighted by Gasteiger charge is -2.40. The highest BCUT2D eigenvalue weighted by Gasteiger charge is 2.50. The first-order valence-electron chi connectivity index (χ1n) is 28.8. The molecule has 0 aliphatic carbocycles. The third-order valence-electron chi connectivity index (χ3n) is 11.5. The van der Waals surface area contributed by atoms with Crippen molar-refractivity contribution in [2.45, 2.75) is 199 Å². The molecule has 1 aliphatic rings. The Balaban J connectivity index is 2.84. The minimum atomic E-state index is -1.96. The summed E-state index contributed by atoms with van der Waals surface area (Å²) in [5, 5.41) is 31.5. The van der Waals surface area contributed by atoms with Crippen LogP contribution in [0.1, 0.15) is 162 Å². The zero-order valence-electron chi connectivity index (χ0n) is 47.8. The number of ether oxygens (including phenoxy) is 5. The fourth-order valence-electron chi connectivity index (χ4n) is 7.22. The first-order valence-corrected chi connectivity index (χ1v) is 28.8. The van der Waals surface area contributed by atoms with Crippen LogP contribution in [0.15, 0.2) is 182 Å². The Kier molecular flexibility index (Phi) is 47.1. The van der Waals surface area contributed by atoms with E-state index in [2.05, 4.69) is 161 Å². The predicted molar refractivity (Wildman–Crippen MR) is 321 cm³/mol. The molecule has 1 aliphatic heterocycles. The van der Waals surface area contributed by atoms with Crippen molar-refractivity contribution < 1.29 is 58.2 Å². The van der Waals surface area contributed by atoms with Crippen LogP contribution in [-0.2, 0) is 42.9 Å². The van der Waals surface area contributed by atoms with Crippen molar-refractivity contribution in [2.75, 3.05) is 13.2 Å².